The monoisotopic (exact) mass is 240 g/mol. The van der Waals surface area contributed by atoms with Crippen LogP contribution in [0.2, 0.25) is 0 Å². The molecule has 92 valence electrons. The van der Waals surface area contributed by atoms with E-state index in [1.807, 2.05) is 13.8 Å². The molecule has 0 N–H and O–H groups in total. The smallest absolute Gasteiger partial charge is 0.0767 e. The van der Waals surface area contributed by atoms with Gasteiger partial charge in [-0.25, -0.2) is 4.21 Å². The van der Waals surface area contributed by atoms with E-state index in [-0.39, 0.29) is 10.8 Å². The average Bonchev–Trinajstić information content (AvgIpc) is 2.27. The minimum atomic E-state index is -0.906. The molecule has 0 fully saturated rings. The van der Waals surface area contributed by atoms with Crippen molar-refractivity contribution in [1.29, 1.82) is 0 Å². The maximum absolute atomic E-state index is 12.2. The zero-order valence-electron chi connectivity index (χ0n) is 11.8. The summed E-state index contributed by atoms with van der Waals surface area (Å²) in [5.74, 6) is 0. The Morgan fingerprint density at radius 1 is 0.750 bits per heavy atom. The van der Waals surface area contributed by atoms with Gasteiger partial charge in [-0.1, -0.05) is 41.5 Å². The predicted octanol–water partition coefficient (Wildman–Crippen LogP) is 4.39. The molecule has 1 heterocycles. The van der Waals surface area contributed by atoms with Crippen molar-refractivity contribution >= 4 is 10.8 Å². The highest BCUT2D eigenvalue weighted by atomic mass is 32.2. The van der Waals surface area contributed by atoms with Gasteiger partial charge in [0.25, 0.3) is 0 Å². The van der Waals surface area contributed by atoms with E-state index < -0.39 is 10.8 Å². The lowest BCUT2D eigenvalue weighted by atomic mass is 9.72. The summed E-state index contributed by atoms with van der Waals surface area (Å²) in [7, 11) is -0.906. The van der Waals surface area contributed by atoms with Gasteiger partial charge in [-0.15, -0.1) is 0 Å². The van der Waals surface area contributed by atoms with Crippen molar-refractivity contribution < 1.29 is 4.21 Å². The Bertz CT molecular complexity index is 359. The Kier molecular flexibility index (Phi) is 3.28. The first-order chi connectivity index (χ1) is 6.98. The lowest BCUT2D eigenvalue weighted by molar-refractivity contribution is 0.445. The van der Waals surface area contributed by atoms with Crippen LogP contribution in [0.1, 0.15) is 55.4 Å². The highest BCUT2D eigenvalue weighted by Crippen LogP contribution is 2.49. The lowest BCUT2D eigenvalue weighted by Gasteiger charge is -2.31. The molecule has 1 aliphatic heterocycles. The highest BCUT2D eigenvalue weighted by Gasteiger charge is 2.38. The first kappa shape index (κ1) is 13.7. The van der Waals surface area contributed by atoms with Crippen molar-refractivity contribution in [2.45, 2.75) is 55.4 Å². The molecule has 0 bridgehead atoms. The number of rotatable bonds is 0. The molecule has 0 aromatic carbocycles. The third-order valence-corrected chi connectivity index (χ3v) is 4.53. The van der Waals surface area contributed by atoms with Gasteiger partial charge in [0, 0.05) is 9.81 Å². The van der Waals surface area contributed by atoms with Crippen LogP contribution in [0.4, 0.5) is 0 Å². The summed E-state index contributed by atoms with van der Waals surface area (Å²) in [5, 5.41) is 0. The molecule has 1 rings (SSSR count). The van der Waals surface area contributed by atoms with E-state index in [1.165, 1.54) is 11.1 Å². The number of hydrogen-bond acceptors (Lipinski definition) is 1. The van der Waals surface area contributed by atoms with Gasteiger partial charge in [-0.3, -0.25) is 0 Å². The number of hydrogen-bond donors (Lipinski definition) is 0. The predicted molar refractivity (Wildman–Crippen MR) is 72.5 cm³/mol. The van der Waals surface area contributed by atoms with Gasteiger partial charge >= 0.3 is 0 Å². The van der Waals surface area contributed by atoms with E-state index in [9.17, 15) is 4.21 Å². The van der Waals surface area contributed by atoms with Gasteiger partial charge in [-0.05, 0) is 35.8 Å². The molecule has 0 atom stereocenters. The Hall–Kier alpha value is -0.370. The molecule has 0 radical (unpaired) electrons. The molecule has 0 aromatic heterocycles. The van der Waals surface area contributed by atoms with Gasteiger partial charge in [0.1, 0.15) is 0 Å². The second kappa shape index (κ2) is 3.83. The molecule has 0 saturated carbocycles. The van der Waals surface area contributed by atoms with Gasteiger partial charge in [0.15, 0.2) is 0 Å². The summed E-state index contributed by atoms with van der Waals surface area (Å²) in [6.07, 6.45) is 0. The van der Waals surface area contributed by atoms with Crippen LogP contribution < -0.4 is 0 Å². The molecule has 0 aliphatic carbocycles. The van der Waals surface area contributed by atoms with Crippen LogP contribution in [0.15, 0.2) is 21.0 Å². The normalized spacial score (nSPS) is 20.0. The van der Waals surface area contributed by atoms with Crippen LogP contribution in [-0.2, 0) is 10.8 Å². The summed E-state index contributed by atoms with van der Waals surface area (Å²) in [5.41, 5.74) is 2.74. The van der Waals surface area contributed by atoms with Gasteiger partial charge in [0.2, 0.25) is 0 Å². The maximum Gasteiger partial charge on any atom is 0.0767 e. The molecular weight excluding hydrogens is 216 g/mol. The van der Waals surface area contributed by atoms with Gasteiger partial charge in [-0.2, -0.15) is 0 Å². The van der Waals surface area contributed by atoms with E-state index in [4.69, 9.17) is 0 Å². The lowest BCUT2D eigenvalue weighted by Crippen LogP contribution is -2.20. The van der Waals surface area contributed by atoms with Crippen molar-refractivity contribution in [1.82, 2.24) is 0 Å². The molecule has 0 amide bonds. The molecule has 2 heteroatoms. The summed E-state index contributed by atoms with van der Waals surface area (Å²) in [6.45, 7) is 17.2. The standard InChI is InChI=1S/C14H24OS/c1-9-11(13(3,4)5)12(14(6,7)8)10(2)16(9)15/h1-8H3. The van der Waals surface area contributed by atoms with E-state index in [0.717, 1.165) is 9.81 Å². The molecule has 0 aromatic rings. The minimum Gasteiger partial charge on any atom is -0.250 e. The van der Waals surface area contributed by atoms with Gasteiger partial charge < -0.3 is 0 Å². The topological polar surface area (TPSA) is 17.1 Å². The fourth-order valence-electron chi connectivity index (χ4n) is 2.57. The molecular formula is C14H24OS. The summed E-state index contributed by atoms with van der Waals surface area (Å²) >= 11 is 0. The van der Waals surface area contributed by atoms with Crippen LogP contribution in [-0.4, -0.2) is 4.21 Å². The first-order valence-corrected chi connectivity index (χ1v) is 6.97. The van der Waals surface area contributed by atoms with Crippen LogP contribution in [0.5, 0.6) is 0 Å². The second-order valence-corrected chi connectivity index (χ2v) is 8.39. The Labute approximate surface area is 102 Å². The van der Waals surface area contributed by atoms with Crippen molar-refractivity contribution in [3.05, 3.63) is 21.0 Å². The van der Waals surface area contributed by atoms with E-state index in [2.05, 4.69) is 41.5 Å². The van der Waals surface area contributed by atoms with Crippen molar-refractivity contribution in [2.24, 2.45) is 10.8 Å². The minimum absolute atomic E-state index is 0.0696. The zero-order chi connectivity index (χ0) is 12.9. The fourth-order valence-corrected chi connectivity index (χ4v) is 4.22. The largest absolute Gasteiger partial charge is 0.250 e. The Balaban J connectivity index is 3.51. The van der Waals surface area contributed by atoms with Crippen LogP contribution in [0.3, 0.4) is 0 Å². The summed E-state index contributed by atoms with van der Waals surface area (Å²) in [6, 6.07) is 0. The zero-order valence-corrected chi connectivity index (χ0v) is 12.6. The maximum atomic E-state index is 12.2. The Morgan fingerprint density at radius 3 is 1.19 bits per heavy atom. The van der Waals surface area contributed by atoms with Crippen LogP contribution >= 0.6 is 0 Å². The quantitative estimate of drug-likeness (QED) is 0.614. The molecule has 0 spiro atoms. The fraction of sp³-hybridized carbons (Fsp3) is 0.714. The van der Waals surface area contributed by atoms with Crippen molar-refractivity contribution in [3.63, 3.8) is 0 Å². The number of allylic oxidation sites excluding steroid dienone is 4. The van der Waals surface area contributed by atoms with Crippen molar-refractivity contribution in [2.75, 3.05) is 0 Å². The van der Waals surface area contributed by atoms with E-state index >= 15 is 0 Å². The highest BCUT2D eigenvalue weighted by molar-refractivity contribution is 7.93. The summed E-state index contributed by atoms with van der Waals surface area (Å²) < 4.78 is 12.2. The van der Waals surface area contributed by atoms with Gasteiger partial charge in [0.05, 0.1) is 10.8 Å². The SMILES string of the molecule is CC1=C(C(C)(C)C)C(C(C)(C)C)=C(C)S1=O. The first-order valence-electron chi connectivity index (χ1n) is 5.82. The molecule has 1 aliphatic rings. The Morgan fingerprint density at radius 2 is 1.00 bits per heavy atom. The second-order valence-electron chi connectivity index (χ2n) is 6.63. The average molecular weight is 240 g/mol. The molecule has 0 saturated heterocycles. The van der Waals surface area contributed by atoms with E-state index in [1.54, 1.807) is 0 Å². The molecule has 1 nitrogen and oxygen atoms in total. The third kappa shape index (κ3) is 2.17. The van der Waals surface area contributed by atoms with Crippen molar-refractivity contribution in [3.8, 4) is 0 Å². The molecule has 0 unspecified atom stereocenters. The van der Waals surface area contributed by atoms with Crippen LogP contribution in [0, 0.1) is 10.8 Å². The third-order valence-electron chi connectivity index (χ3n) is 3.01. The van der Waals surface area contributed by atoms with Crippen LogP contribution in [0.25, 0.3) is 0 Å². The van der Waals surface area contributed by atoms with E-state index in [0.29, 0.717) is 0 Å². The summed E-state index contributed by atoms with van der Waals surface area (Å²) in [4.78, 5) is 2.10. The molecule has 16 heavy (non-hydrogen) atoms.